The predicted octanol–water partition coefficient (Wildman–Crippen LogP) is 1.99. The molecular formula is C14H16N2O2. The van der Waals surface area contributed by atoms with Gasteiger partial charge in [-0.15, -0.1) is 0 Å². The molecule has 3 rings (SSSR count). The average molecular weight is 244 g/mol. The van der Waals surface area contributed by atoms with Crippen molar-refractivity contribution in [1.82, 2.24) is 10.3 Å². The molecule has 2 heterocycles. The van der Waals surface area contributed by atoms with E-state index in [1.165, 1.54) is 0 Å². The number of nitrogens with one attached hydrogen (secondary N) is 1. The second-order valence-electron chi connectivity index (χ2n) is 4.53. The van der Waals surface area contributed by atoms with Crippen LogP contribution in [0, 0.1) is 0 Å². The molecule has 0 saturated carbocycles. The molecule has 1 aromatic heterocycles. The maximum atomic E-state index is 9.49. The van der Waals surface area contributed by atoms with E-state index in [0.29, 0.717) is 0 Å². The van der Waals surface area contributed by atoms with Crippen molar-refractivity contribution in [3.63, 3.8) is 0 Å². The lowest BCUT2D eigenvalue weighted by atomic mass is 10.1. The van der Waals surface area contributed by atoms with Crippen molar-refractivity contribution in [2.75, 3.05) is 19.7 Å². The number of aromatic nitrogens is 1. The average Bonchev–Trinajstić information content (AvgIpc) is 2.66. The van der Waals surface area contributed by atoms with E-state index in [1.54, 1.807) is 12.1 Å². The number of aromatic hydroxyl groups is 1. The molecule has 0 bridgehead atoms. The number of nitrogens with zero attached hydrogens (tertiary/aromatic N) is 1. The van der Waals surface area contributed by atoms with Gasteiger partial charge in [-0.05, 0) is 31.2 Å². The van der Waals surface area contributed by atoms with Crippen LogP contribution >= 0.6 is 0 Å². The number of hydrogen-bond donors (Lipinski definition) is 2. The Hall–Kier alpha value is -1.65. The molecule has 1 fully saturated rings. The summed E-state index contributed by atoms with van der Waals surface area (Å²) in [6.45, 7) is 2.54. The zero-order chi connectivity index (χ0) is 12.4. The monoisotopic (exact) mass is 244 g/mol. The minimum atomic E-state index is -0.000695. The van der Waals surface area contributed by atoms with Crippen LogP contribution in [-0.4, -0.2) is 29.8 Å². The highest BCUT2D eigenvalue weighted by Gasteiger charge is 2.16. The normalized spacial score (nSPS) is 20.8. The number of fused-ring (bicyclic) bond motifs is 1. The van der Waals surface area contributed by atoms with E-state index in [2.05, 4.69) is 10.3 Å². The van der Waals surface area contributed by atoms with Gasteiger partial charge in [0.25, 0.3) is 0 Å². The molecule has 4 heteroatoms. The summed E-state index contributed by atoms with van der Waals surface area (Å²) in [5, 5.41) is 13.9. The summed E-state index contributed by atoms with van der Waals surface area (Å²) < 4.78 is 5.78. The number of pyridine rings is 1. The van der Waals surface area contributed by atoms with E-state index in [9.17, 15) is 5.11 Å². The quantitative estimate of drug-likeness (QED) is 0.805. The standard InChI is InChI=1S/C14H16N2O2/c17-11-4-2-10-3-5-12(16-13(10)8-11)14-9-15-6-1-7-18-14/h2-5,8,14-15,17H,1,6-7,9H2. The minimum Gasteiger partial charge on any atom is -0.508 e. The molecule has 2 N–H and O–H groups in total. The first-order valence-electron chi connectivity index (χ1n) is 6.25. The third-order valence-corrected chi connectivity index (χ3v) is 3.17. The lowest BCUT2D eigenvalue weighted by Gasteiger charge is -2.14. The molecule has 4 nitrogen and oxygen atoms in total. The zero-order valence-electron chi connectivity index (χ0n) is 10.1. The van der Waals surface area contributed by atoms with Crippen LogP contribution in [0.15, 0.2) is 30.3 Å². The molecule has 1 aliphatic heterocycles. The van der Waals surface area contributed by atoms with Crippen molar-refractivity contribution in [3.05, 3.63) is 36.0 Å². The van der Waals surface area contributed by atoms with Crippen molar-refractivity contribution in [2.24, 2.45) is 0 Å². The van der Waals surface area contributed by atoms with Crippen LogP contribution in [0.5, 0.6) is 5.75 Å². The Morgan fingerprint density at radius 2 is 2.17 bits per heavy atom. The van der Waals surface area contributed by atoms with Crippen LogP contribution in [-0.2, 0) is 4.74 Å². The number of phenolic OH excluding ortho intramolecular Hbond substituents is 1. The Balaban J connectivity index is 1.96. The molecule has 0 amide bonds. The Bertz CT molecular complexity index is 548. The summed E-state index contributed by atoms with van der Waals surface area (Å²) in [4.78, 5) is 4.58. The molecule has 1 aromatic carbocycles. The third kappa shape index (κ3) is 2.30. The molecule has 1 saturated heterocycles. The summed E-state index contributed by atoms with van der Waals surface area (Å²) in [7, 11) is 0. The molecule has 94 valence electrons. The Kier molecular flexibility index (Phi) is 3.13. The summed E-state index contributed by atoms with van der Waals surface area (Å²) >= 11 is 0. The first-order chi connectivity index (χ1) is 8.83. The van der Waals surface area contributed by atoms with Crippen molar-refractivity contribution in [1.29, 1.82) is 0 Å². The summed E-state index contributed by atoms with van der Waals surface area (Å²) in [6.07, 6.45) is 1.03. The first-order valence-corrected chi connectivity index (χ1v) is 6.25. The van der Waals surface area contributed by atoms with Gasteiger partial charge in [0, 0.05) is 24.6 Å². The fourth-order valence-electron chi connectivity index (χ4n) is 2.21. The van der Waals surface area contributed by atoms with Crippen LogP contribution in [0.4, 0.5) is 0 Å². The molecule has 2 aromatic rings. The predicted molar refractivity (Wildman–Crippen MR) is 69.6 cm³/mol. The van der Waals surface area contributed by atoms with Gasteiger partial charge < -0.3 is 15.2 Å². The topological polar surface area (TPSA) is 54.4 Å². The van der Waals surface area contributed by atoms with Gasteiger partial charge in [0.15, 0.2) is 0 Å². The number of rotatable bonds is 1. The second kappa shape index (κ2) is 4.92. The van der Waals surface area contributed by atoms with E-state index in [1.807, 2.05) is 18.2 Å². The highest BCUT2D eigenvalue weighted by molar-refractivity contribution is 5.80. The van der Waals surface area contributed by atoms with Gasteiger partial charge in [-0.2, -0.15) is 0 Å². The molecular weight excluding hydrogens is 228 g/mol. The lowest BCUT2D eigenvalue weighted by molar-refractivity contribution is 0.0641. The van der Waals surface area contributed by atoms with Gasteiger partial charge in [0.1, 0.15) is 11.9 Å². The molecule has 0 radical (unpaired) electrons. The highest BCUT2D eigenvalue weighted by Crippen LogP contribution is 2.22. The molecule has 0 aliphatic carbocycles. The summed E-state index contributed by atoms with van der Waals surface area (Å²) in [5.74, 6) is 0.243. The van der Waals surface area contributed by atoms with Gasteiger partial charge in [-0.25, -0.2) is 4.98 Å². The smallest absolute Gasteiger partial charge is 0.117 e. The largest absolute Gasteiger partial charge is 0.508 e. The minimum absolute atomic E-state index is 0.000695. The van der Waals surface area contributed by atoms with Gasteiger partial charge in [0.2, 0.25) is 0 Å². The van der Waals surface area contributed by atoms with E-state index in [4.69, 9.17) is 4.74 Å². The first kappa shape index (κ1) is 11.4. The van der Waals surface area contributed by atoms with Crippen LogP contribution in [0.2, 0.25) is 0 Å². The van der Waals surface area contributed by atoms with Crippen molar-refractivity contribution >= 4 is 10.9 Å². The van der Waals surface area contributed by atoms with Crippen LogP contribution < -0.4 is 5.32 Å². The third-order valence-electron chi connectivity index (χ3n) is 3.17. The van der Waals surface area contributed by atoms with E-state index >= 15 is 0 Å². The maximum Gasteiger partial charge on any atom is 0.117 e. The van der Waals surface area contributed by atoms with E-state index in [0.717, 1.165) is 42.7 Å². The fraction of sp³-hybridized carbons (Fsp3) is 0.357. The fourth-order valence-corrected chi connectivity index (χ4v) is 2.21. The lowest BCUT2D eigenvalue weighted by Crippen LogP contribution is -2.20. The van der Waals surface area contributed by atoms with Gasteiger partial charge >= 0.3 is 0 Å². The van der Waals surface area contributed by atoms with Crippen LogP contribution in [0.25, 0.3) is 10.9 Å². The molecule has 18 heavy (non-hydrogen) atoms. The van der Waals surface area contributed by atoms with Crippen LogP contribution in [0.3, 0.4) is 0 Å². The summed E-state index contributed by atoms with van der Waals surface area (Å²) in [6, 6.07) is 9.24. The second-order valence-corrected chi connectivity index (χ2v) is 4.53. The zero-order valence-corrected chi connectivity index (χ0v) is 10.1. The Morgan fingerprint density at radius 3 is 3.11 bits per heavy atom. The number of ether oxygens (including phenoxy) is 1. The Morgan fingerprint density at radius 1 is 1.28 bits per heavy atom. The maximum absolute atomic E-state index is 9.49. The number of benzene rings is 1. The van der Waals surface area contributed by atoms with Gasteiger partial charge in [-0.1, -0.05) is 6.07 Å². The van der Waals surface area contributed by atoms with E-state index in [-0.39, 0.29) is 11.9 Å². The number of phenols is 1. The number of hydrogen-bond acceptors (Lipinski definition) is 4. The van der Waals surface area contributed by atoms with Crippen molar-refractivity contribution in [2.45, 2.75) is 12.5 Å². The summed E-state index contributed by atoms with van der Waals surface area (Å²) in [5.41, 5.74) is 1.72. The van der Waals surface area contributed by atoms with Crippen molar-refractivity contribution in [3.8, 4) is 5.75 Å². The molecule has 1 atom stereocenters. The molecule has 1 aliphatic rings. The molecule has 1 unspecified atom stereocenters. The SMILES string of the molecule is Oc1ccc2ccc(C3CNCCCO3)nc2c1. The highest BCUT2D eigenvalue weighted by atomic mass is 16.5. The van der Waals surface area contributed by atoms with E-state index < -0.39 is 0 Å². The molecule has 0 spiro atoms. The van der Waals surface area contributed by atoms with Crippen molar-refractivity contribution < 1.29 is 9.84 Å². The Labute approximate surface area is 106 Å². The van der Waals surface area contributed by atoms with Gasteiger partial charge in [0.05, 0.1) is 11.2 Å². The van der Waals surface area contributed by atoms with Crippen LogP contribution in [0.1, 0.15) is 18.2 Å². The van der Waals surface area contributed by atoms with Gasteiger partial charge in [-0.3, -0.25) is 0 Å².